The van der Waals surface area contributed by atoms with Crippen LogP contribution >= 0.6 is 11.1 Å². The second-order valence-electron chi connectivity index (χ2n) is 5.80. The molecule has 126 valence electrons. The Balaban J connectivity index is 1.84. The van der Waals surface area contributed by atoms with Crippen LogP contribution in [0.2, 0.25) is 0 Å². The Kier molecular flexibility index (Phi) is 8.24. The molecular weight excluding hydrogens is 340 g/mol. The number of rotatable bonds is 9. The van der Waals surface area contributed by atoms with Crippen LogP contribution in [0.25, 0.3) is 12.2 Å². The van der Waals surface area contributed by atoms with Crippen molar-refractivity contribution in [2.24, 2.45) is 0 Å². The van der Waals surface area contributed by atoms with Crippen molar-refractivity contribution in [3.63, 3.8) is 0 Å². The molecule has 0 aliphatic heterocycles. The number of halogens is 1. The van der Waals surface area contributed by atoms with Crippen molar-refractivity contribution in [2.45, 2.75) is 19.3 Å². The van der Waals surface area contributed by atoms with Crippen LogP contribution in [0.3, 0.4) is 0 Å². The second-order valence-corrected chi connectivity index (χ2v) is 7.20. The van der Waals surface area contributed by atoms with Gasteiger partial charge < -0.3 is 0 Å². The highest BCUT2D eigenvalue weighted by Gasteiger charge is 1.97. The van der Waals surface area contributed by atoms with E-state index >= 15 is 0 Å². The van der Waals surface area contributed by atoms with Crippen molar-refractivity contribution >= 4 is 32.1 Å². The van der Waals surface area contributed by atoms with Crippen molar-refractivity contribution in [3.8, 4) is 0 Å². The summed E-state index contributed by atoms with van der Waals surface area (Å²) in [6.07, 6.45) is 13.2. The van der Waals surface area contributed by atoms with Crippen molar-refractivity contribution < 1.29 is 0 Å². The van der Waals surface area contributed by atoms with Gasteiger partial charge in [-0.15, -0.1) is 0 Å². The lowest BCUT2D eigenvalue weighted by atomic mass is 10.1. The zero-order chi connectivity index (χ0) is 17.9. The summed E-state index contributed by atoms with van der Waals surface area (Å²) in [4.78, 5) is 0. The molecule has 2 heteroatoms. The minimum atomic E-state index is 0.329. The van der Waals surface area contributed by atoms with Crippen molar-refractivity contribution in [3.05, 3.63) is 107 Å². The molecule has 0 aliphatic carbocycles. The molecule has 0 nitrogen and oxygen atoms in total. The molecule has 2 aromatic carbocycles. The number of allylic oxidation sites excluding steroid dienone is 4. The van der Waals surface area contributed by atoms with E-state index in [0.29, 0.717) is 8.83 Å². The topological polar surface area (TPSA) is 0 Å². The van der Waals surface area contributed by atoms with Crippen LogP contribution in [0.15, 0.2) is 85.1 Å². The molecule has 0 aromatic heterocycles. The number of benzene rings is 2. The fraction of sp³-hybridized carbons (Fsp3) is 0.130. The summed E-state index contributed by atoms with van der Waals surface area (Å²) in [6.45, 7) is 7.56. The van der Waals surface area contributed by atoms with Gasteiger partial charge in [-0.05, 0) is 41.5 Å². The molecule has 0 heterocycles. The summed E-state index contributed by atoms with van der Waals surface area (Å²) in [7, 11) is 0.329. The SMILES string of the molecule is C=Cc1ccc(CC=CCC(=CCc2ccc(C=C)cc2)[Si]Cl)cc1. The van der Waals surface area contributed by atoms with Crippen LogP contribution in [0, 0.1) is 0 Å². The molecule has 0 amide bonds. The lowest BCUT2D eigenvalue weighted by Crippen LogP contribution is -1.90. The third-order valence-electron chi connectivity index (χ3n) is 3.99. The van der Waals surface area contributed by atoms with E-state index in [1.165, 1.54) is 16.3 Å². The van der Waals surface area contributed by atoms with E-state index < -0.39 is 0 Å². The minimum absolute atomic E-state index is 0.329. The van der Waals surface area contributed by atoms with Gasteiger partial charge in [-0.3, -0.25) is 0 Å². The highest BCUT2D eigenvalue weighted by molar-refractivity contribution is 6.97. The van der Waals surface area contributed by atoms with Gasteiger partial charge in [-0.25, -0.2) is 0 Å². The van der Waals surface area contributed by atoms with E-state index in [2.05, 4.69) is 79.9 Å². The standard InChI is InChI=1S/C23H23ClSi/c1-3-19-9-13-21(14-10-19)7-5-6-8-23(25-24)18-17-22-15-11-20(4-2)12-16-22/h3-6,9-16,18H,1-2,7-8,17H2. The maximum absolute atomic E-state index is 6.11. The molecule has 0 aliphatic rings. The number of hydrogen-bond donors (Lipinski definition) is 0. The highest BCUT2D eigenvalue weighted by atomic mass is 35.6. The quantitative estimate of drug-likeness (QED) is 0.273. The van der Waals surface area contributed by atoms with Crippen molar-refractivity contribution in [1.82, 2.24) is 0 Å². The molecule has 2 radical (unpaired) electrons. The molecule has 2 aromatic rings. The van der Waals surface area contributed by atoms with Crippen LogP contribution in [0.1, 0.15) is 28.7 Å². The van der Waals surface area contributed by atoms with Crippen LogP contribution in [-0.4, -0.2) is 8.83 Å². The summed E-state index contributed by atoms with van der Waals surface area (Å²) in [5.74, 6) is 0. The van der Waals surface area contributed by atoms with Gasteiger partial charge in [-0.1, -0.05) is 97.3 Å². The molecule has 0 spiro atoms. The zero-order valence-electron chi connectivity index (χ0n) is 14.4. The Bertz CT molecular complexity index is 737. The molecule has 0 bridgehead atoms. The van der Waals surface area contributed by atoms with E-state index in [-0.39, 0.29) is 0 Å². The van der Waals surface area contributed by atoms with Gasteiger partial charge >= 0.3 is 0 Å². The smallest absolute Gasteiger partial charge is 0.165 e. The summed E-state index contributed by atoms with van der Waals surface area (Å²) in [6, 6.07) is 17.0. The summed E-state index contributed by atoms with van der Waals surface area (Å²) >= 11 is 6.11. The first-order chi connectivity index (χ1) is 12.2. The predicted molar refractivity (Wildman–Crippen MR) is 114 cm³/mol. The summed E-state index contributed by atoms with van der Waals surface area (Å²) in [5.41, 5.74) is 4.91. The first kappa shape index (κ1) is 19.2. The largest absolute Gasteiger partial charge is 0.206 e. The normalized spacial score (nSPS) is 11.6. The summed E-state index contributed by atoms with van der Waals surface area (Å²) < 4.78 is 0. The molecule has 0 unspecified atom stereocenters. The maximum Gasteiger partial charge on any atom is 0.206 e. The van der Waals surface area contributed by atoms with Crippen LogP contribution in [0.4, 0.5) is 0 Å². The molecule has 2 rings (SSSR count). The van der Waals surface area contributed by atoms with Crippen LogP contribution in [0.5, 0.6) is 0 Å². The maximum atomic E-state index is 6.11. The molecular formula is C23H23ClSi. The van der Waals surface area contributed by atoms with E-state index in [0.717, 1.165) is 30.4 Å². The molecule has 0 N–H and O–H groups in total. The van der Waals surface area contributed by atoms with Crippen LogP contribution < -0.4 is 0 Å². The summed E-state index contributed by atoms with van der Waals surface area (Å²) in [5, 5.41) is 1.28. The lowest BCUT2D eigenvalue weighted by Gasteiger charge is -2.02. The average Bonchev–Trinajstić information content (AvgIpc) is 2.68. The van der Waals surface area contributed by atoms with Crippen molar-refractivity contribution in [1.29, 1.82) is 0 Å². The van der Waals surface area contributed by atoms with E-state index in [4.69, 9.17) is 11.1 Å². The first-order valence-electron chi connectivity index (χ1n) is 8.38. The van der Waals surface area contributed by atoms with E-state index in [9.17, 15) is 0 Å². The van der Waals surface area contributed by atoms with Gasteiger partial charge in [0.2, 0.25) is 8.83 Å². The van der Waals surface area contributed by atoms with Gasteiger partial charge in [0.05, 0.1) is 0 Å². The third kappa shape index (κ3) is 6.73. The van der Waals surface area contributed by atoms with E-state index in [1.54, 1.807) is 0 Å². The predicted octanol–water partition coefficient (Wildman–Crippen LogP) is 6.45. The third-order valence-corrected chi connectivity index (χ3v) is 5.37. The van der Waals surface area contributed by atoms with Gasteiger partial charge in [0, 0.05) is 0 Å². The van der Waals surface area contributed by atoms with E-state index in [1.807, 2.05) is 12.2 Å². The first-order valence-corrected chi connectivity index (χ1v) is 10.4. The average molecular weight is 363 g/mol. The van der Waals surface area contributed by atoms with Crippen LogP contribution in [-0.2, 0) is 12.8 Å². The second kappa shape index (κ2) is 10.7. The minimum Gasteiger partial charge on any atom is -0.165 e. The lowest BCUT2D eigenvalue weighted by molar-refractivity contribution is 1.20. The molecule has 25 heavy (non-hydrogen) atoms. The molecule has 0 atom stereocenters. The Hall–Kier alpha value is -2.09. The monoisotopic (exact) mass is 362 g/mol. The molecule has 0 saturated heterocycles. The number of hydrogen-bond acceptors (Lipinski definition) is 0. The fourth-order valence-electron chi connectivity index (χ4n) is 2.41. The zero-order valence-corrected chi connectivity index (χ0v) is 16.2. The van der Waals surface area contributed by atoms with Crippen molar-refractivity contribution in [2.75, 3.05) is 0 Å². The molecule has 0 fully saturated rings. The Morgan fingerprint density at radius 3 is 1.80 bits per heavy atom. The van der Waals surface area contributed by atoms with Gasteiger partial charge in [-0.2, -0.15) is 11.1 Å². The Morgan fingerprint density at radius 1 is 0.800 bits per heavy atom. The van der Waals surface area contributed by atoms with Gasteiger partial charge in [0.25, 0.3) is 0 Å². The van der Waals surface area contributed by atoms with Gasteiger partial charge in [0.1, 0.15) is 0 Å². The fourth-order valence-corrected chi connectivity index (χ4v) is 3.25. The highest BCUT2D eigenvalue weighted by Crippen LogP contribution is 2.11. The molecule has 0 saturated carbocycles. The Morgan fingerprint density at radius 2 is 1.32 bits per heavy atom. The Labute approximate surface area is 158 Å². The van der Waals surface area contributed by atoms with Gasteiger partial charge in [0.15, 0.2) is 0 Å².